The zero-order valence-electron chi connectivity index (χ0n) is 6.33. The Hall–Kier alpha value is -1.32. The second kappa shape index (κ2) is 4.49. The fourth-order valence-electron chi connectivity index (χ4n) is 0.569. The van der Waals surface area contributed by atoms with Gasteiger partial charge in [0.25, 0.3) is 0 Å². The van der Waals surface area contributed by atoms with Gasteiger partial charge in [-0.25, -0.2) is 4.79 Å². The van der Waals surface area contributed by atoms with E-state index in [1.807, 2.05) is 0 Å². The van der Waals surface area contributed by atoms with E-state index in [1.165, 1.54) is 0 Å². The van der Waals surface area contributed by atoms with Crippen molar-refractivity contribution in [2.75, 3.05) is 0 Å². The maximum atomic E-state index is 10.6. The fourth-order valence-corrected chi connectivity index (χ4v) is 0.569. The highest BCUT2D eigenvalue weighted by Crippen LogP contribution is 1.90. The van der Waals surface area contributed by atoms with Crippen LogP contribution in [0.25, 0.3) is 0 Å². The van der Waals surface area contributed by atoms with Crippen LogP contribution in [0.15, 0.2) is 12.7 Å². The number of carboxylic acid groups (broad SMARTS) is 1. The number of hydrogen-bond acceptors (Lipinski definition) is 2. The third kappa shape index (κ3) is 3.40. The third-order valence-corrected chi connectivity index (χ3v) is 1.21. The molecule has 4 heteroatoms. The molecule has 0 aliphatic rings. The first-order valence-corrected chi connectivity index (χ1v) is 3.27. The number of nitrogens with one attached hydrogen (secondary N) is 1. The van der Waals surface area contributed by atoms with Crippen LogP contribution < -0.4 is 5.32 Å². The van der Waals surface area contributed by atoms with Gasteiger partial charge in [-0.15, -0.1) is 0 Å². The number of carboxylic acids is 1. The number of rotatable bonds is 4. The number of aliphatic carboxylic acids is 1. The van der Waals surface area contributed by atoms with E-state index in [1.54, 1.807) is 6.92 Å². The predicted molar refractivity (Wildman–Crippen MR) is 40.1 cm³/mol. The molecule has 0 spiro atoms. The Balaban J connectivity index is 3.97. The molecule has 0 saturated carbocycles. The smallest absolute Gasteiger partial charge is 0.326 e. The van der Waals surface area contributed by atoms with E-state index in [-0.39, 0.29) is 0 Å². The quantitative estimate of drug-likeness (QED) is 0.571. The summed E-state index contributed by atoms with van der Waals surface area (Å²) >= 11 is 0. The van der Waals surface area contributed by atoms with Crippen LogP contribution >= 0.6 is 0 Å². The predicted octanol–water partition coefficient (Wildman–Crippen LogP) is 0.152. The van der Waals surface area contributed by atoms with Gasteiger partial charge in [0.15, 0.2) is 0 Å². The van der Waals surface area contributed by atoms with Gasteiger partial charge in [-0.3, -0.25) is 4.79 Å². The SMILES string of the molecule is C=CC(=O)N[C@@H](CC)C(=O)O. The van der Waals surface area contributed by atoms with Crippen LogP contribution in [0.2, 0.25) is 0 Å². The number of amides is 1. The van der Waals surface area contributed by atoms with Gasteiger partial charge in [0.05, 0.1) is 0 Å². The Morgan fingerprint density at radius 2 is 2.27 bits per heavy atom. The van der Waals surface area contributed by atoms with E-state index >= 15 is 0 Å². The first-order valence-electron chi connectivity index (χ1n) is 3.27. The third-order valence-electron chi connectivity index (χ3n) is 1.21. The molecule has 0 bridgehead atoms. The van der Waals surface area contributed by atoms with E-state index in [0.717, 1.165) is 6.08 Å². The van der Waals surface area contributed by atoms with E-state index in [2.05, 4.69) is 11.9 Å². The molecule has 1 amide bonds. The van der Waals surface area contributed by atoms with Gasteiger partial charge in [-0.2, -0.15) is 0 Å². The average molecular weight is 157 g/mol. The molecular formula is C7H11NO3. The van der Waals surface area contributed by atoms with Gasteiger partial charge >= 0.3 is 5.97 Å². The van der Waals surface area contributed by atoms with Crippen molar-refractivity contribution in [3.05, 3.63) is 12.7 Å². The molecule has 0 saturated heterocycles. The largest absolute Gasteiger partial charge is 0.480 e. The Labute approximate surface area is 64.9 Å². The maximum Gasteiger partial charge on any atom is 0.326 e. The van der Waals surface area contributed by atoms with Crippen molar-refractivity contribution in [3.63, 3.8) is 0 Å². The van der Waals surface area contributed by atoms with Crippen molar-refractivity contribution in [1.29, 1.82) is 0 Å². The molecule has 0 aromatic heterocycles. The van der Waals surface area contributed by atoms with Crippen molar-refractivity contribution in [1.82, 2.24) is 5.32 Å². The molecule has 2 N–H and O–H groups in total. The van der Waals surface area contributed by atoms with Crippen LogP contribution in [0.3, 0.4) is 0 Å². The Morgan fingerprint density at radius 1 is 1.73 bits per heavy atom. The minimum absolute atomic E-state index is 0.370. The summed E-state index contributed by atoms with van der Waals surface area (Å²) in [5, 5.41) is 10.7. The molecule has 11 heavy (non-hydrogen) atoms. The summed E-state index contributed by atoms with van der Waals surface area (Å²) in [5.41, 5.74) is 0. The molecule has 0 unspecified atom stereocenters. The van der Waals surface area contributed by atoms with Gasteiger partial charge in [-0.05, 0) is 12.5 Å². The number of hydrogen-bond donors (Lipinski definition) is 2. The lowest BCUT2D eigenvalue weighted by Gasteiger charge is -2.09. The molecule has 0 radical (unpaired) electrons. The summed E-state index contributed by atoms with van der Waals surface area (Å²) in [5.74, 6) is -1.48. The molecule has 0 aliphatic carbocycles. The van der Waals surface area contributed by atoms with E-state index in [0.29, 0.717) is 6.42 Å². The standard InChI is InChI=1S/C7H11NO3/c1-3-5(7(10)11)8-6(9)4-2/h4-5H,2-3H2,1H3,(H,8,9)(H,10,11)/t5-/m0/s1. The molecule has 0 rings (SSSR count). The van der Waals surface area contributed by atoms with Crippen molar-refractivity contribution in [3.8, 4) is 0 Å². The fraction of sp³-hybridized carbons (Fsp3) is 0.429. The molecule has 0 fully saturated rings. The lowest BCUT2D eigenvalue weighted by molar-refractivity contribution is -0.141. The van der Waals surface area contributed by atoms with Crippen molar-refractivity contribution < 1.29 is 14.7 Å². The minimum atomic E-state index is -1.03. The summed E-state index contributed by atoms with van der Waals surface area (Å²) < 4.78 is 0. The second-order valence-corrected chi connectivity index (χ2v) is 2.01. The zero-order chi connectivity index (χ0) is 8.85. The van der Waals surface area contributed by atoms with Crippen molar-refractivity contribution >= 4 is 11.9 Å². The summed E-state index contributed by atoms with van der Waals surface area (Å²) in [6.45, 7) is 4.89. The summed E-state index contributed by atoms with van der Waals surface area (Å²) in [4.78, 5) is 20.9. The highest BCUT2D eigenvalue weighted by molar-refractivity contribution is 5.90. The number of carbonyl (C=O) groups is 2. The minimum Gasteiger partial charge on any atom is -0.480 e. The normalized spacial score (nSPS) is 11.7. The lowest BCUT2D eigenvalue weighted by atomic mass is 10.2. The van der Waals surface area contributed by atoms with Crippen LogP contribution in [-0.2, 0) is 9.59 Å². The Kier molecular flexibility index (Phi) is 3.95. The van der Waals surface area contributed by atoms with E-state index < -0.39 is 17.9 Å². The molecule has 62 valence electrons. The molecule has 0 aliphatic heterocycles. The second-order valence-electron chi connectivity index (χ2n) is 2.01. The zero-order valence-corrected chi connectivity index (χ0v) is 6.33. The molecule has 0 aromatic rings. The first kappa shape index (κ1) is 9.68. The number of carbonyl (C=O) groups excluding carboxylic acids is 1. The van der Waals surface area contributed by atoms with E-state index in [4.69, 9.17) is 5.11 Å². The van der Waals surface area contributed by atoms with Crippen molar-refractivity contribution in [2.24, 2.45) is 0 Å². The summed E-state index contributed by atoms with van der Waals surface area (Å²) in [6, 6.07) is -0.805. The van der Waals surface area contributed by atoms with Gasteiger partial charge < -0.3 is 10.4 Å². The molecule has 1 atom stereocenters. The van der Waals surface area contributed by atoms with Gasteiger partial charge in [-0.1, -0.05) is 13.5 Å². The van der Waals surface area contributed by atoms with Crippen LogP contribution in [-0.4, -0.2) is 23.0 Å². The molecule has 0 aromatic carbocycles. The van der Waals surface area contributed by atoms with Crippen molar-refractivity contribution in [2.45, 2.75) is 19.4 Å². The Morgan fingerprint density at radius 3 is 2.55 bits per heavy atom. The highest BCUT2D eigenvalue weighted by Gasteiger charge is 2.15. The van der Waals surface area contributed by atoms with Gasteiger partial charge in [0.1, 0.15) is 6.04 Å². The van der Waals surface area contributed by atoms with Gasteiger partial charge in [0.2, 0.25) is 5.91 Å². The summed E-state index contributed by atoms with van der Waals surface area (Å²) in [7, 11) is 0. The highest BCUT2D eigenvalue weighted by atomic mass is 16.4. The molecular weight excluding hydrogens is 146 g/mol. The summed E-state index contributed by atoms with van der Waals surface area (Å²) in [6.07, 6.45) is 1.42. The van der Waals surface area contributed by atoms with Crippen LogP contribution in [0.4, 0.5) is 0 Å². The van der Waals surface area contributed by atoms with Crippen LogP contribution in [0.5, 0.6) is 0 Å². The maximum absolute atomic E-state index is 10.6. The molecule has 0 heterocycles. The van der Waals surface area contributed by atoms with E-state index in [9.17, 15) is 9.59 Å². The van der Waals surface area contributed by atoms with Crippen LogP contribution in [0.1, 0.15) is 13.3 Å². The first-order chi connectivity index (χ1) is 5.11. The monoisotopic (exact) mass is 157 g/mol. The lowest BCUT2D eigenvalue weighted by Crippen LogP contribution is -2.39. The molecule has 4 nitrogen and oxygen atoms in total. The van der Waals surface area contributed by atoms with Gasteiger partial charge in [0, 0.05) is 0 Å². The Bertz CT molecular complexity index is 177. The van der Waals surface area contributed by atoms with Crippen LogP contribution in [0, 0.1) is 0 Å². The average Bonchev–Trinajstić information content (AvgIpc) is 1.99. The topological polar surface area (TPSA) is 66.4 Å².